The summed E-state index contributed by atoms with van der Waals surface area (Å²) < 4.78 is 0. The highest BCUT2D eigenvalue weighted by molar-refractivity contribution is 4.84. The lowest BCUT2D eigenvalue weighted by atomic mass is 9.70. The van der Waals surface area contributed by atoms with Crippen molar-refractivity contribution in [3.63, 3.8) is 0 Å². The van der Waals surface area contributed by atoms with Crippen molar-refractivity contribution in [2.75, 3.05) is 13.1 Å². The van der Waals surface area contributed by atoms with E-state index in [2.05, 4.69) is 19.2 Å². The molecule has 0 spiro atoms. The second-order valence-corrected chi connectivity index (χ2v) is 5.82. The van der Waals surface area contributed by atoms with E-state index in [1.54, 1.807) is 0 Å². The van der Waals surface area contributed by atoms with Gasteiger partial charge in [0.1, 0.15) is 0 Å². The third-order valence-electron chi connectivity index (χ3n) is 4.96. The summed E-state index contributed by atoms with van der Waals surface area (Å²) in [6.07, 6.45) is 8.84. The minimum Gasteiger partial charge on any atom is -0.316 e. The minimum atomic E-state index is 0.967. The summed E-state index contributed by atoms with van der Waals surface area (Å²) in [6, 6.07) is 0. The summed E-state index contributed by atoms with van der Waals surface area (Å²) in [4.78, 5) is 0. The fourth-order valence-electron chi connectivity index (χ4n) is 3.67. The normalized spacial score (nSPS) is 42.8. The average molecular weight is 209 g/mol. The van der Waals surface area contributed by atoms with Crippen LogP contribution in [0.1, 0.15) is 52.4 Å². The summed E-state index contributed by atoms with van der Waals surface area (Å²) in [5.74, 6) is 4.04. The van der Waals surface area contributed by atoms with Gasteiger partial charge in [-0.15, -0.1) is 0 Å². The Balaban J connectivity index is 1.83. The largest absolute Gasteiger partial charge is 0.316 e. The number of rotatable bonds is 2. The second kappa shape index (κ2) is 5.34. The van der Waals surface area contributed by atoms with Gasteiger partial charge in [0, 0.05) is 0 Å². The van der Waals surface area contributed by atoms with Crippen molar-refractivity contribution in [3.05, 3.63) is 0 Å². The van der Waals surface area contributed by atoms with Crippen LogP contribution in [0.3, 0.4) is 0 Å². The van der Waals surface area contributed by atoms with Gasteiger partial charge in [-0.3, -0.25) is 0 Å². The van der Waals surface area contributed by atoms with Gasteiger partial charge in [0.15, 0.2) is 0 Å². The monoisotopic (exact) mass is 209 g/mol. The fourth-order valence-corrected chi connectivity index (χ4v) is 3.67. The smallest absolute Gasteiger partial charge is 0.00153 e. The summed E-state index contributed by atoms with van der Waals surface area (Å²) in [5, 5.41) is 3.59. The molecule has 1 aliphatic carbocycles. The maximum Gasteiger partial charge on any atom is -0.00153 e. The topological polar surface area (TPSA) is 12.0 Å². The van der Waals surface area contributed by atoms with Crippen LogP contribution in [0.5, 0.6) is 0 Å². The quantitative estimate of drug-likeness (QED) is 0.734. The molecule has 1 aliphatic heterocycles. The highest BCUT2D eigenvalue weighted by Crippen LogP contribution is 2.38. The van der Waals surface area contributed by atoms with Crippen LogP contribution in [-0.2, 0) is 0 Å². The molecule has 0 aromatic heterocycles. The predicted octanol–water partition coefficient (Wildman–Crippen LogP) is 3.45. The third-order valence-corrected chi connectivity index (χ3v) is 4.96. The predicted molar refractivity (Wildman–Crippen MR) is 65.9 cm³/mol. The van der Waals surface area contributed by atoms with Crippen LogP contribution >= 0.6 is 0 Å². The Morgan fingerprint density at radius 2 is 1.80 bits per heavy atom. The van der Waals surface area contributed by atoms with Crippen molar-refractivity contribution >= 4 is 0 Å². The number of hydrogen-bond acceptors (Lipinski definition) is 1. The maximum atomic E-state index is 3.59. The number of hydrogen-bond donors (Lipinski definition) is 1. The van der Waals surface area contributed by atoms with E-state index in [9.17, 15) is 0 Å². The first-order chi connectivity index (χ1) is 7.31. The molecule has 0 radical (unpaired) electrons. The first-order valence-corrected chi connectivity index (χ1v) is 7.02. The average Bonchev–Trinajstić information content (AvgIpc) is 2.30. The molecule has 15 heavy (non-hydrogen) atoms. The molecular weight excluding hydrogens is 182 g/mol. The summed E-state index contributed by atoms with van der Waals surface area (Å²) in [6.45, 7) is 7.37. The molecular formula is C14H27N. The molecule has 88 valence electrons. The zero-order valence-electron chi connectivity index (χ0n) is 10.5. The van der Waals surface area contributed by atoms with Crippen molar-refractivity contribution in [1.29, 1.82) is 0 Å². The van der Waals surface area contributed by atoms with Gasteiger partial charge in [0.25, 0.3) is 0 Å². The molecule has 2 unspecified atom stereocenters. The van der Waals surface area contributed by atoms with E-state index in [1.807, 2.05) is 0 Å². The third kappa shape index (κ3) is 2.75. The van der Waals surface area contributed by atoms with Gasteiger partial charge in [-0.1, -0.05) is 33.1 Å². The van der Waals surface area contributed by atoms with E-state index in [1.165, 1.54) is 51.6 Å². The van der Waals surface area contributed by atoms with Gasteiger partial charge in [-0.25, -0.2) is 0 Å². The molecule has 0 bridgehead atoms. The first-order valence-electron chi connectivity index (χ1n) is 7.02. The lowest BCUT2D eigenvalue weighted by molar-refractivity contribution is 0.132. The SMILES string of the molecule is CCC1CCC(C2CNCCC2C)CC1. The van der Waals surface area contributed by atoms with E-state index < -0.39 is 0 Å². The Kier molecular flexibility index (Phi) is 4.07. The van der Waals surface area contributed by atoms with Gasteiger partial charge in [0.05, 0.1) is 0 Å². The van der Waals surface area contributed by atoms with Gasteiger partial charge in [0.2, 0.25) is 0 Å². The van der Waals surface area contributed by atoms with Crippen LogP contribution in [0.2, 0.25) is 0 Å². The summed E-state index contributed by atoms with van der Waals surface area (Å²) in [5.41, 5.74) is 0. The molecule has 2 rings (SSSR count). The summed E-state index contributed by atoms with van der Waals surface area (Å²) >= 11 is 0. The Morgan fingerprint density at radius 3 is 2.40 bits per heavy atom. The van der Waals surface area contributed by atoms with Crippen molar-refractivity contribution in [3.8, 4) is 0 Å². The van der Waals surface area contributed by atoms with Crippen LogP contribution in [-0.4, -0.2) is 13.1 Å². The first kappa shape index (κ1) is 11.4. The van der Waals surface area contributed by atoms with E-state index >= 15 is 0 Å². The van der Waals surface area contributed by atoms with Gasteiger partial charge in [-0.05, 0) is 56.0 Å². The highest BCUT2D eigenvalue weighted by Gasteiger charge is 2.31. The van der Waals surface area contributed by atoms with E-state index in [0.717, 1.165) is 23.7 Å². The molecule has 1 saturated carbocycles. The van der Waals surface area contributed by atoms with Crippen LogP contribution in [0, 0.1) is 23.7 Å². The number of piperidine rings is 1. The molecule has 2 fully saturated rings. The molecule has 0 aromatic carbocycles. The van der Waals surface area contributed by atoms with Gasteiger partial charge in [-0.2, -0.15) is 0 Å². The Hall–Kier alpha value is -0.0400. The van der Waals surface area contributed by atoms with Crippen molar-refractivity contribution in [2.45, 2.75) is 52.4 Å². The number of nitrogens with one attached hydrogen (secondary N) is 1. The van der Waals surface area contributed by atoms with E-state index in [4.69, 9.17) is 0 Å². The lowest BCUT2D eigenvalue weighted by Gasteiger charge is -2.39. The van der Waals surface area contributed by atoms with Crippen molar-refractivity contribution in [2.24, 2.45) is 23.7 Å². The molecule has 0 aromatic rings. The van der Waals surface area contributed by atoms with Crippen LogP contribution in [0.25, 0.3) is 0 Å². The summed E-state index contributed by atoms with van der Waals surface area (Å²) in [7, 11) is 0. The maximum absolute atomic E-state index is 3.59. The molecule has 2 atom stereocenters. The standard InChI is InChI=1S/C14H27N/c1-3-12-4-6-13(7-5-12)14-10-15-9-8-11(14)2/h11-15H,3-10H2,1-2H3. The minimum absolute atomic E-state index is 0.967. The molecule has 0 amide bonds. The zero-order valence-corrected chi connectivity index (χ0v) is 10.5. The fraction of sp³-hybridized carbons (Fsp3) is 1.00. The van der Waals surface area contributed by atoms with E-state index in [0.29, 0.717) is 0 Å². The van der Waals surface area contributed by atoms with Gasteiger partial charge >= 0.3 is 0 Å². The van der Waals surface area contributed by atoms with Crippen LogP contribution in [0.15, 0.2) is 0 Å². The zero-order chi connectivity index (χ0) is 10.7. The highest BCUT2D eigenvalue weighted by atomic mass is 14.9. The van der Waals surface area contributed by atoms with Crippen LogP contribution in [0.4, 0.5) is 0 Å². The van der Waals surface area contributed by atoms with Gasteiger partial charge < -0.3 is 5.32 Å². The Bertz CT molecular complexity index is 182. The van der Waals surface area contributed by atoms with Crippen molar-refractivity contribution in [1.82, 2.24) is 5.32 Å². The van der Waals surface area contributed by atoms with Crippen LogP contribution < -0.4 is 5.32 Å². The molecule has 1 heteroatoms. The molecule has 1 heterocycles. The Labute approximate surface area is 95.0 Å². The molecule has 1 saturated heterocycles. The molecule has 1 N–H and O–H groups in total. The molecule has 1 nitrogen and oxygen atoms in total. The lowest BCUT2D eigenvalue weighted by Crippen LogP contribution is -2.40. The van der Waals surface area contributed by atoms with Crippen molar-refractivity contribution < 1.29 is 0 Å². The Morgan fingerprint density at radius 1 is 1.07 bits per heavy atom. The van der Waals surface area contributed by atoms with E-state index in [-0.39, 0.29) is 0 Å². The second-order valence-electron chi connectivity index (χ2n) is 5.82. The molecule has 2 aliphatic rings.